The van der Waals surface area contributed by atoms with Gasteiger partial charge in [-0.1, -0.05) is 13.3 Å². The molecule has 0 spiro atoms. The standard InChI is InChI=1S/C10H16N2O2S/c1-4-5-6(2)11-9-8(10(13)14)7(3)12-15-9/h6,11H,4-5H2,1-3H3,(H,13,14). The van der Waals surface area contributed by atoms with Gasteiger partial charge >= 0.3 is 5.97 Å². The van der Waals surface area contributed by atoms with E-state index in [1.807, 2.05) is 6.92 Å². The van der Waals surface area contributed by atoms with Gasteiger partial charge < -0.3 is 10.4 Å². The minimum Gasteiger partial charge on any atom is -0.478 e. The van der Waals surface area contributed by atoms with Crippen LogP contribution in [-0.4, -0.2) is 21.5 Å². The van der Waals surface area contributed by atoms with Crippen molar-refractivity contribution in [3.63, 3.8) is 0 Å². The molecule has 0 aliphatic heterocycles. The number of anilines is 1. The average Bonchev–Trinajstić information content (AvgIpc) is 2.47. The summed E-state index contributed by atoms with van der Waals surface area (Å²) in [6, 6.07) is 0.285. The average molecular weight is 228 g/mol. The normalized spacial score (nSPS) is 12.5. The van der Waals surface area contributed by atoms with E-state index in [2.05, 4.69) is 16.6 Å². The lowest BCUT2D eigenvalue weighted by atomic mass is 10.2. The van der Waals surface area contributed by atoms with Crippen LogP contribution in [0.3, 0.4) is 0 Å². The van der Waals surface area contributed by atoms with Gasteiger partial charge in [0, 0.05) is 6.04 Å². The van der Waals surface area contributed by atoms with Crippen LogP contribution in [-0.2, 0) is 0 Å². The molecule has 1 atom stereocenters. The van der Waals surface area contributed by atoms with Crippen LogP contribution in [0.15, 0.2) is 0 Å². The summed E-state index contributed by atoms with van der Waals surface area (Å²) in [6.07, 6.45) is 2.10. The molecule has 1 heterocycles. The minimum absolute atomic E-state index is 0.285. The van der Waals surface area contributed by atoms with E-state index in [1.54, 1.807) is 6.92 Å². The number of aromatic carboxylic acids is 1. The summed E-state index contributed by atoms with van der Waals surface area (Å²) < 4.78 is 4.05. The molecule has 0 bridgehead atoms. The second-order valence-electron chi connectivity index (χ2n) is 3.61. The molecule has 0 radical (unpaired) electrons. The Morgan fingerprint density at radius 3 is 2.87 bits per heavy atom. The molecule has 15 heavy (non-hydrogen) atoms. The van der Waals surface area contributed by atoms with E-state index in [0.29, 0.717) is 16.3 Å². The molecule has 0 aromatic carbocycles. The van der Waals surface area contributed by atoms with Crippen LogP contribution < -0.4 is 5.32 Å². The van der Waals surface area contributed by atoms with Gasteiger partial charge in [-0.15, -0.1) is 0 Å². The number of aryl methyl sites for hydroxylation is 1. The van der Waals surface area contributed by atoms with E-state index >= 15 is 0 Å². The lowest BCUT2D eigenvalue weighted by Crippen LogP contribution is -2.15. The van der Waals surface area contributed by atoms with Gasteiger partial charge in [-0.2, -0.15) is 4.37 Å². The molecule has 1 aromatic rings. The van der Waals surface area contributed by atoms with E-state index < -0.39 is 5.97 Å². The van der Waals surface area contributed by atoms with Gasteiger partial charge in [0.2, 0.25) is 0 Å². The zero-order chi connectivity index (χ0) is 11.4. The zero-order valence-electron chi connectivity index (χ0n) is 9.20. The SMILES string of the molecule is CCCC(C)Nc1snc(C)c1C(=O)O. The topological polar surface area (TPSA) is 62.2 Å². The molecule has 0 aliphatic carbocycles. The molecule has 0 saturated carbocycles. The fraction of sp³-hybridized carbons (Fsp3) is 0.600. The highest BCUT2D eigenvalue weighted by molar-refractivity contribution is 7.10. The molecular formula is C10H16N2O2S. The molecule has 1 aromatic heterocycles. The van der Waals surface area contributed by atoms with Gasteiger partial charge in [0.05, 0.1) is 5.69 Å². The molecule has 0 aliphatic rings. The maximum atomic E-state index is 11.0. The van der Waals surface area contributed by atoms with E-state index in [0.717, 1.165) is 12.8 Å². The van der Waals surface area contributed by atoms with Crippen molar-refractivity contribution < 1.29 is 9.90 Å². The Kier molecular flexibility index (Phi) is 4.08. The van der Waals surface area contributed by atoms with Crippen molar-refractivity contribution in [3.05, 3.63) is 11.3 Å². The predicted molar refractivity (Wildman–Crippen MR) is 61.8 cm³/mol. The van der Waals surface area contributed by atoms with E-state index in [-0.39, 0.29) is 6.04 Å². The molecule has 2 N–H and O–H groups in total. The third-order valence-corrected chi connectivity index (χ3v) is 3.05. The quantitative estimate of drug-likeness (QED) is 0.813. The third-order valence-electron chi connectivity index (χ3n) is 2.18. The van der Waals surface area contributed by atoms with E-state index in [4.69, 9.17) is 5.11 Å². The van der Waals surface area contributed by atoms with Gasteiger partial charge in [-0.25, -0.2) is 4.79 Å². The monoisotopic (exact) mass is 228 g/mol. The molecule has 5 heteroatoms. The fourth-order valence-corrected chi connectivity index (χ4v) is 2.35. The van der Waals surface area contributed by atoms with Crippen molar-refractivity contribution in [2.45, 2.75) is 39.7 Å². The Balaban J connectivity index is 2.81. The summed E-state index contributed by atoms with van der Waals surface area (Å²) in [4.78, 5) is 11.0. The van der Waals surface area contributed by atoms with Crippen LogP contribution in [0.5, 0.6) is 0 Å². The number of aromatic nitrogens is 1. The van der Waals surface area contributed by atoms with Crippen molar-refractivity contribution in [2.75, 3.05) is 5.32 Å². The van der Waals surface area contributed by atoms with Crippen molar-refractivity contribution >= 4 is 22.5 Å². The molecule has 0 fully saturated rings. The van der Waals surface area contributed by atoms with Crippen LogP contribution in [0.4, 0.5) is 5.00 Å². The molecule has 1 unspecified atom stereocenters. The minimum atomic E-state index is -0.910. The first-order chi connectivity index (χ1) is 7.06. The molecule has 0 amide bonds. The van der Waals surface area contributed by atoms with Crippen LogP contribution in [0, 0.1) is 6.92 Å². The summed E-state index contributed by atoms with van der Waals surface area (Å²) in [7, 11) is 0. The van der Waals surface area contributed by atoms with Gasteiger partial charge in [0.1, 0.15) is 10.6 Å². The second-order valence-corrected chi connectivity index (χ2v) is 4.38. The number of carboxylic acid groups (broad SMARTS) is 1. The number of hydrogen-bond donors (Lipinski definition) is 2. The molecule has 0 saturated heterocycles. The van der Waals surface area contributed by atoms with Crippen LogP contribution in [0.2, 0.25) is 0 Å². The highest BCUT2D eigenvalue weighted by atomic mass is 32.1. The van der Waals surface area contributed by atoms with Crippen molar-refractivity contribution in [1.82, 2.24) is 4.37 Å². The largest absolute Gasteiger partial charge is 0.478 e. The summed E-state index contributed by atoms with van der Waals surface area (Å²) in [5, 5.41) is 12.9. The summed E-state index contributed by atoms with van der Waals surface area (Å²) >= 11 is 1.22. The first-order valence-corrected chi connectivity index (χ1v) is 5.79. The van der Waals surface area contributed by atoms with Crippen LogP contribution in [0.25, 0.3) is 0 Å². The van der Waals surface area contributed by atoms with Crippen molar-refractivity contribution in [3.8, 4) is 0 Å². The lowest BCUT2D eigenvalue weighted by Gasteiger charge is -2.12. The van der Waals surface area contributed by atoms with Crippen molar-refractivity contribution in [2.24, 2.45) is 0 Å². The summed E-state index contributed by atoms with van der Waals surface area (Å²) in [5.74, 6) is -0.910. The molecular weight excluding hydrogens is 212 g/mol. The first-order valence-electron chi connectivity index (χ1n) is 5.02. The Morgan fingerprint density at radius 2 is 2.33 bits per heavy atom. The molecule has 1 rings (SSSR count). The Bertz CT molecular complexity index is 349. The van der Waals surface area contributed by atoms with Crippen LogP contribution in [0.1, 0.15) is 42.7 Å². The van der Waals surface area contributed by atoms with E-state index in [1.165, 1.54) is 11.5 Å². The van der Waals surface area contributed by atoms with E-state index in [9.17, 15) is 4.79 Å². The number of carboxylic acids is 1. The number of nitrogens with one attached hydrogen (secondary N) is 1. The highest BCUT2D eigenvalue weighted by Gasteiger charge is 2.18. The summed E-state index contributed by atoms with van der Waals surface area (Å²) in [5.41, 5.74) is 0.890. The number of nitrogens with zero attached hydrogens (tertiary/aromatic N) is 1. The predicted octanol–water partition coefficient (Wildman–Crippen LogP) is 2.75. The summed E-state index contributed by atoms with van der Waals surface area (Å²) in [6.45, 7) is 5.87. The number of rotatable bonds is 5. The molecule has 84 valence electrons. The number of hydrogen-bond acceptors (Lipinski definition) is 4. The van der Waals surface area contributed by atoms with Gasteiger partial charge in [-0.3, -0.25) is 0 Å². The Morgan fingerprint density at radius 1 is 1.67 bits per heavy atom. The highest BCUT2D eigenvalue weighted by Crippen LogP contribution is 2.25. The maximum absolute atomic E-state index is 11.0. The fourth-order valence-electron chi connectivity index (χ4n) is 1.45. The van der Waals surface area contributed by atoms with Crippen LogP contribution >= 0.6 is 11.5 Å². The second kappa shape index (κ2) is 5.11. The van der Waals surface area contributed by atoms with Gasteiger partial charge in [0.25, 0.3) is 0 Å². The van der Waals surface area contributed by atoms with Gasteiger partial charge in [-0.05, 0) is 31.8 Å². The number of carbonyl (C=O) groups is 1. The van der Waals surface area contributed by atoms with Crippen molar-refractivity contribution in [1.29, 1.82) is 0 Å². The smallest absolute Gasteiger partial charge is 0.340 e. The Hall–Kier alpha value is -1.10. The zero-order valence-corrected chi connectivity index (χ0v) is 10.0. The maximum Gasteiger partial charge on any atom is 0.340 e. The third kappa shape index (κ3) is 2.92. The first kappa shape index (κ1) is 12.0. The Labute approximate surface area is 93.5 Å². The van der Waals surface area contributed by atoms with Gasteiger partial charge in [0.15, 0.2) is 0 Å². The lowest BCUT2D eigenvalue weighted by molar-refractivity contribution is 0.0697. The molecule has 4 nitrogen and oxygen atoms in total.